The Morgan fingerprint density at radius 1 is 1.00 bits per heavy atom. The minimum absolute atomic E-state index is 0.439. The van der Waals surface area contributed by atoms with Crippen LogP contribution in [0.2, 0.25) is 0 Å². The van der Waals surface area contributed by atoms with Crippen molar-refractivity contribution in [1.82, 2.24) is 0 Å². The number of hydrogen-bond acceptors (Lipinski definition) is 0. The van der Waals surface area contributed by atoms with Gasteiger partial charge in [-0.2, -0.15) is 0 Å². The zero-order chi connectivity index (χ0) is 10.6. The van der Waals surface area contributed by atoms with Crippen molar-refractivity contribution < 1.29 is 0 Å². The molecule has 78 valence electrons. The molecule has 0 bridgehead atoms. The summed E-state index contributed by atoms with van der Waals surface area (Å²) < 4.78 is 0. The van der Waals surface area contributed by atoms with E-state index in [1.807, 2.05) is 0 Å². The molecule has 0 unspecified atom stereocenters. The fourth-order valence-corrected chi connectivity index (χ4v) is 3.51. The van der Waals surface area contributed by atoms with Gasteiger partial charge in [0.2, 0.25) is 0 Å². The second-order valence-electron chi connectivity index (χ2n) is 6.33. The lowest BCUT2D eigenvalue weighted by molar-refractivity contribution is 0.314. The van der Waals surface area contributed by atoms with Crippen LogP contribution in [0.3, 0.4) is 0 Å². The van der Waals surface area contributed by atoms with Gasteiger partial charge in [-0.05, 0) is 37.0 Å². The molecule has 0 atom stereocenters. The largest absolute Gasteiger partial charge is 0.0812 e. The molecule has 0 amide bonds. The predicted molar refractivity (Wildman–Crippen MR) is 62.2 cm³/mol. The van der Waals surface area contributed by atoms with Crippen LogP contribution < -0.4 is 0 Å². The topological polar surface area (TPSA) is 0 Å². The molecule has 2 rings (SSSR count). The zero-order valence-electron chi connectivity index (χ0n) is 10.2. The minimum atomic E-state index is 0.439. The highest BCUT2D eigenvalue weighted by Gasteiger charge is 2.43. The second-order valence-corrected chi connectivity index (χ2v) is 6.33. The predicted octanol–water partition coefficient (Wildman–Crippen LogP) is 4.48. The Balaban J connectivity index is 2.42. The first-order valence-electron chi connectivity index (χ1n) is 5.71. The summed E-state index contributed by atoms with van der Waals surface area (Å²) in [7, 11) is 0. The molecule has 0 aromatic carbocycles. The van der Waals surface area contributed by atoms with Crippen LogP contribution in [0.1, 0.15) is 53.9 Å². The van der Waals surface area contributed by atoms with Crippen LogP contribution in [0.4, 0.5) is 0 Å². The van der Waals surface area contributed by atoms with Crippen LogP contribution in [0.25, 0.3) is 0 Å². The lowest BCUT2D eigenvalue weighted by atomic mass is 9.79. The highest BCUT2D eigenvalue weighted by atomic mass is 14.5. The first-order chi connectivity index (χ1) is 6.33. The molecule has 0 saturated carbocycles. The number of rotatable bonds is 0. The van der Waals surface area contributed by atoms with E-state index in [4.69, 9.17) is 0 Å². The monoisotopic (exact) mass is 190 g/mol. The van der Waals surface area contributed by atoms with Crippen LogP contribution in [0.5, 0.6) is 0 Å². The van der Waals surface area contributed by atoms with E-state index in [1.165, 1.54) is 19.3 Å². The maximum Gasteiger partial charge on any atom is -0.0103 e. The Hall–Kier alpha value is -0.520. The van der Waals surface area contributed by atoms with Crippen molar-refractivity contribution in [2.75, 3.05) is 0 Å². The average Bonchev–Trinajstić information content (AvgIpc) is 2.17. The van der Waals surface area contributed by atoms with Gasteiger partial charge in [-0.15, -0.1) is 0 Å². The van der Waals surface area contributed by atoms with E-state index in [-0.39, 0.29) is 0 Å². The minimum Gasteiger partial charge on any atom is -0.0812 e. The van der Waals surface area contributed by atoms with Gasteiger partial charge in [0.25, 0.3) is 0 Å². The van der Waals surface area contributed by atoms with E-state index in [9.17, 15) is 0 Å². The summed E-state index contributed by atoms with van der Waals surface area (Å²) in [4.78, 5) is 0. The normalized spacial score (nSPS) is 28.8. The third kappa shape index (κ3) is 1.36. The maximum atomic E-state index is 2.42. The molecule has 0 spiro atoms. The summed E-state index contributed by atoms with van der Waals surface area (Å²) in [5.41, 5.74) is 5.91. The van der Waals surface area contributed by atoms with Gasteiger partial charge >= 0.3 is 0 Å². The lowest BCUT2D eigenvalue weighted by Gasteiger charge is -2.25. The molecule has 2 aliphatic rings. The van der Waals surface area contributed by atoms with Crippen LogP contribution in [-0.4, -0.2) is 0 Å². The van der Waals surface area contributed by atoms with Crippen LogP contribution in [0.15, 0.2) is 22.8 Å². The maximum absolute atomic E-state index is 2.42. The van der Waals surface area contributed by atoms with E-state index in [0.29, 0.717) is 10.8 Å². The Morgan fingerprint density at radius 2 is 1.57 bits per heavy atom. The molecule has 0 aromatic heterocycles. The van der Waals surface area contributed by atoms with Crippen molar-refractivity contribution in [3.63, 3.8) is 0 Å². The molecule has 0 nitrogen and oxygen atoms in total. The Kier molecular flexibility index (Phi) is 1.96. The summed E-state index contributed by atoms with van der Waals surface area (Å²) in [5.74, 6) is 0. The molecule has 0 fully saturated rings. The summed E-state index contributed by atoms with van der Waals surface area (Å²) in [6, 6.07) is 0. The lowest BCUT2D eigenvalue weighted by Crippen LogP contribution is -2.15. The molecular weight excluding hydrogens is 168 g/mol. The highest BCUT2D eigenvalue weighted by Crippen LogP contribution is 2.56. The Labute approximate surface area is 88.1 Å². The first kappa shape index (κ1) is 10.0. The number of hydrogen-bond donors (Lipinski definition) is 0. The standard InChI is InChI=1S/C14H22/c1-10-6-7-11-12(8-10)14(4,5)9-13(11,2)3/h6H,7-9H2,1-5H3. The fraction of sp³-hybridized carbons (Fsp3) is 0.714. The molecule has 0 radical (unpaired) electrons. The third-order valence-electron chi connectivity index (χ3n) is 3.99. The van der Waals surface area contributed by atoms with Crippen molar-refractivity contribution >= 4 is 0 Å². The van der Waals surface area contributed by atoms with Crippen LogP contribution in [0, 0.1) is 10.8 Å². The van der Waals surface area contributed by atoms with E-state index >= 15 is 0 Å². The molecular formula is C14H22. The van der Waals surface area contributed by atoms with E-state index in [2.05, 4.69) is 40.7 Å². The van der Waals surface area contributed by atoms with Crippen molar-refractivity contribution in [2.24, 2.45) is 10.8 Å². The summed E-state index contributed by atoms with van der Waals surface area (Å²) in [6.07, 6.45) is 6.18. The van der Waals surface area contributed by atoms with Gasteiger partial charge in [0, 0.05) is 0 Å². The second kappa shape index (κ2) is 2.74. The smallest absolute Gasteiger partial charge is 0.0103 e. The molecule has 0 saturated heterocycles. The third-order valence-corrected chi connectivity index (χ3v) is 3.99. The van der Waals surface area contributed by atoms with Gasteiger partial charge in [-0.25, -0.2) is 0 Å². The zero-order valence-corrected chi connectivity index (χ0v) is 10.2. The molecule has 0 aromatic rings. The van der Waals surface area contributed by atoms with Crippen molar-refractivity contribution in [3.8, 4) is 0 Å². The number of allylic oxidation sites excluding steroid dienone is 4. The van der Waals surface area contributed by atoms with Gasteiger partial charge in [-0.3, -0.25) is 0 Å². The van der Waals surface area contributed by atoms with Gasteiger partial charge < -0.3 is 0 Å². The molecule has 14 heavy (non-hydrogen) atoms. The Morgan fingerprint density at radius 3 is 2.21 bits per heavy atom. The van der Waals surface area contributed by atoms with Gasteiger partial charge in [0.1, 0.15) is 0 Å². The molecule has 2 aliphatic carbocycles. The van der Waals surface area contributed by atoms with Crippen LogP contribution >= 0.6 is 0 Å². The van der Waals surface area contributed by atoms with Gasteiger partial charge in [-0.1, -0.05) is 50.5 Å². The van der Waals surface area contributed by atoms with E-state index in [1.54, 1.807) is 16.7 Å². The van der Waals surface area contributed by atoms with Crippen molar-refractivity contribution in [1.29, 1.82) is 0 Å². The van der Waals surface area contributed by atoms with Crippen molar-refractivity contribution in [2.45, 2.75) is 53.9 Å². The summed E-state index contributed by atoms with van der Waals surface area (Å²) >= 11 is 0. The van der Waals surface area contributed by atoms with E-state index < -0.39 is 0 Å². The van der Waals surface area contributed by atoms with Crippen molar-refractivity contribution in [3.05, 3.63) is 22.8 Å². The summed E-state index contributed by atoms with van der Waals surface area (Å²) in [6.45, 7) is 11.9. The molecule has 0 N–H and O–H groups in total. The fourth-order valence-electron chi connectivity index (χ4n) is 3.51. The van der Waals surface area contributed by atoms with E-state index in [0.717, 1.165) is 0 Å². The first-order valence-corrected chi connectivity index (χ1v) is 5.71. The highest BCUT2D eigenvalue weighted by molar-refractivity contribution is 5.40. The SMILES string of the molecule is CC1=CCC2=C(C1)C(C)(C)CC2(C)C. The van der Waals surface area contributed by atoms with Gasteiger partial charge in [0.15, 0.2) is 0 Å². The molecule has 0 heterocycles. The average molecular weight is 190 g/mol. The quantitative estimate of drug-likeness (QED) is 0.494. The molecule has 0 aliphatic heterocycles. The van der Waals surface area contributed by atoms with Crippen LogP contribution in [-0.2, 0) is 0 Å². The van der Waals surface area contributed by atoms with Gasteiger partial charge in [0.05, 0.1) is 0 Å². The Bertz CT molecular complexity index is 324. The molecule has 0 heteroatoms. The summed E-state index contributed by atoms with van der Waals surface area (Å²) in [5, 5.41) is 0.